The fourth-order valence-corrected chi connectivity index (χ4v) is 5.41. The summed E-state index contributed by atoms with van der Waals surface area (Å²) in [5.41, 5.74) is 11.9. The summed E-state index contributed by atoms with van der Waals surface area (Å²) in [6.45, 7) is 0.0265. The topological polar surface area (TPSA) is 87.1 Å². The number of aliphatic imine (C=N–C) groups is 1. The van der Waals surface area contributed by atoms with Gasteiger partial charge < -0.3 is 10.1 Å². The second kappa shape index (κ2) is 13.9. The number of hydrogen-bond acceptors (Lipinski definition) is 6. The van der Waals surface area contributed by atoms with Gasteiger partial charge in [-0.05, 0) is 91.3 Å². The molecule has 1 aliphatic carbocycles. The van der Waals surface area contributed by atoms with Crippen LogP contribution in [-0.4, -0.2) is 36.9 Å². The van der Waals surface area contributed by atoms with Gasteiger partial charge in [0.05, 0.1) is 12.2 Å². The summed E-state index contributed by atoms with van der Waals surface area (Å²) in [5.74, 6) is 0.855. The summed E-state index contributed by atoms with van der Waals surface area (Å²) in [4.78, 5) is 17.6. The van der Waals surface area contributed by atoms with Crippen LogP contribution in [0, 0.1) is 12.8 Å². The molecule has 216 valence electrons. The van der Waals surface area contributed by atoms with Crippen molar-refractivity contribution < 1.29 is 22.7 Å². The highest BCUT2D eigenvalue weighted by Crippen LogP contribution is 2.33. The van der Waals surface area contributed by atoms with Crippen LogP contribution in [0.3, 0.4) is 0 Å². The summed E-state index contributed by atoms with van der Waals surface area (Å²) in [6.07, 6.45) is 10.7. The van der Waals surface area contributed by atoms with Crippen LogP contribution in [0.4, 0.5) is 13.2 Å². The normalized spacial score (nSPS) is 17.8. The van der Waals surface area contributed by atoms with Gasteiger partial charge in [-0.3, -0.25) is 10.2 Å². The molecule has 5 rings (SSSR count). The molecule has 3 N–H and O–H groups in total. The maximum absolute atomic E-state index is 13.3. The van der Waals surface area contributed by atoms with E-state index in [0.29, 0.717) is 23.6 Å². The van der Waals surface area contributed by atoms with Gasteiger partial charge in [0.1, 0.15) is 12.1 Å². The number of terminal acetylenes is 1. The summed E-state index contributed by atoms with van der Waals surface area (Å²) in [5, 5.41) is 6.98. The number of amides is 1. The van der Waals surface area contributed by atoms with Gasteiger partial charge in [0.2, 0.25) is 0 Å². The second-order valence-corrected chi connectivity index (χ2v) is 10.1. The Hall–Kier alpha value is -4.26. The number of halogens is 3. The molecule has 2 aromatic carbocycles. The number of rotatable bonds is 10. The quantitative estimate of drug-likeness (QED) is 0.271. The number of fused-ring (bicyclic) bond motifs is 1. The Morgan fingerprint density at radius 1 is 1.05 bits per heavy atom. The zero-order valence-corrected chi connectivity index (χ0v) is 22.8. The van der Waals surface area contributed by atoms with Crippen LogP contribution in [0.5, 0.6) is 5.75 Å². The van der Waals surface area contributed by atoms with E-state index in [2.05, 4.69) is 57.4 Å². The number of hydrazone groups is 1. The van der Waals surface area contributed by atoms with E-state index in [-0.39, 0.29) is 25.0 Å². The molecule has 7 nitrogen and oxygen atoms in total. The second-order valence-electron chi connectivity index (χ2n) is 10.1. The minimum Gasteiger partial charge on any atom is -0.494 e. The van der Waals surface area contributed by atoms with Gasteiger partial charge in [-0.15, -0.1) is 17.9 Å². The number of carbonyl (C=O) groups excluding carboxylic acids is 1. The number of carbonyl (C=O) groups is 1. The van der Waals surface area contributed by atoms with Crippen molar-refractivity contribution in [3.63, 3.8) is 0 Å². The Labute approximate surface area is 238 Å². The van der Waals surface area contributed by atoms with Crippen molar-refractivity contribution >= 4 is 23.7 Å². The van der Waals surface area contributed by atoms with Crippen molar-refractivity contribution in [3.05, 3.63) is 70.3 Å². The van der Waals surface area contributed by atoms with E-state index in [0.717, 1.165) is 55.2 Å². The molecule has 0 spiro atoms. The van der Waals surface area contributed by atoms with Gasteiger partial charge in [0.25, 0.3) is 5.91 Å². The third-order valence-corrected chi connectivity index (χ3v) is 7.27. The van der Waals surface area contributed by atoms with Crippen molar-refractivity contribution in [2.75, 3.05) is 6.61 Å². The van der Waals surface area contributed by atoms with Crippen molar-refractivity contribution in [2.45, 2.75) is 70.0 Å². The van der Waals surface area contributed by atoms with Crippen LogP contribution in [0.2, 0.25) is 0 Å². The predicted molar refractivity (Wildman–Crippen MR) is 154 cm³/mol. The highest BCUT2D eigenvalue weighted by atomic mass is 19.4. The molecule has 1 amide bonds. The molecule has 0 radical (unpaired) electrons. The molecule has 0 fully saturated rings. The minimum atomic E-state index is -4.17. The SMILES string of the molecule is C#C.O=C1N[C@@H](CCCc2cccc(OCCCC(F)(F)F)c2)CC(c2ccc3c(c2)CCC3)=C1C1=NC=NNN1. The molecule has 10 heteroatoms. The van der Waals surface area contributed by atoms with Gasteiger partial charge in [0, 0.05) is 12.5 Å². The van der Waals surface area contributed by atoms with E-state index < -0.39 is 12.6 Å². The maximum atomic E-state index is 13.3. The molecule has 2 aliphatic heterocycles. The van der Waals surface area contributed by atoms with Gasteiger partial charge in [-0.1, -0.05) is 30.3 Å². The highest BCUT2D eigenvalue weighted by molar-refractivity contribution is 6.27. The number of ether oxygens (including phenoxy) is 1. The lowest BCUT2D eigenvalue weighted by atomic mass is 9.86. The van der Waals surface area contributed by atoms with E-state index in [4.69, 9.17) is 4.74 Å². The summed E-state index contributed by atoms with van der Waals surface area (Å²) < 4.78 is 42.6. The summed E-state index contributed by atoms with van der Waals surface area (Å²) >= 11 is 0. The zero-order valence-electron chi connectivity index (χ0n) is 22.8. The molecular weight excluding hydrogens is 531 g/mol. The first-order valence-electron chi connectivity index (χ1n) is 13.7. The average Bonchev–Trinajstić information content (AvgIpc) is 3.45. The lowest BCUT2D eigenvalue weighted by molar-refractivity contribution is -0.136. The lowest BCUT2D eigenvalue weighted by Gasteiger charge is -2.29. The van der Waals surface area contributed by atoms with Crippen molar-refractivity contribution in [1.29, 1.82) is 0 Å². The van der Waals surface area contributed by atoms with Gasteiger partial charge in [-0.2, -0.15) is 13.2 Å². The Morgan fingerprint density at radius 3 is 2.66 bits per heavy atom. The standard InChI is InChI=1S/C29H32F3N5O2.C2H2/c30-29(31,32)13-4-14-39-24-10-2-6-19(15-24)5-1-9-23-17-25(22-12-11-20-7-3-8-21(20)16-22)26(28(38)35-23)27-33-18-34-37-36-27;1-2/h2,6,10-12,15-16,18,23,37H,1,3-5,7-9,13-14,17H2,(H,35,38)(H,33,34,36);1-2H/t23-;/m0./s1. The first-order valence-corrected chi connectivity index (χ1v) is 13.7. The number of aryl methyl sites for hydroxylation is 3. The predicted octanol–water partition coefficient (Wildman–Crippen LogP) is 5.26. The summed E-state index contributed by atoms with van der Waals surface area (Å²) in [6, 6.07) is 14.0. The summed E-state index contributed by atoms with van der Waals surface area (Å²) in [7, 11) is 0. The Bertz CT molecular complexity index is 1350. The van der Waals surface area contributed by atoms with E-state index in [1.54, 1.807) is 6.07 Å². The van der Waals surface area contributed by atoms with E-state index >= 15 is 0 Å². The molecule has 3 aliphatic rings. The third kappa shape index (κ3) is 8.13. The van der Waals surface area contributed by atoms with Crippen LogP contribution in [-0.2, 0) is 24.1 Å². The minimum absolute atomic E-state index is 0.0265. The smallest absolute Gasteiger partial charge is 0.389 e. The first kappa shape index (κ1) is 29.7. The molecular formula is C31H34F3N5O2. The van der Waals surface area contributed by atoms with E-state index in [1.165, 1.54) is 17.5 Å². The molecule has 2 aromatic rings. The Kier molecular flexibility index (Phi) is 10.1. The van der Waals surface area contributed by atoms with Crippen molar-refractivity contribution in [2.24, 2.45) is 10.1 Å². The highest BCUT2D eigenvalue weighted by Gasteiger charge is 2.31. The van der Waals surface area contributed by atoms with Crippen LogP contribution < -0.4 is 21.0 Å². The van der Waals surface area contributed by atoms with Crippen molar-refractivity contribution in [1.82, 2.24) is 16.3 Å². The zero-order chi connectivity index (χ0) is 29.2. The monoisotopic (exact) mass is 565 g/mol. The Morgan fingerprint density at radius 2 is 1.88 bits per heavy atom. The average molecular weight is 566 g/mol. The first-order chi connectivity index (χ1) is 19.9. The van der Waals surface area contributed by atoms with Crippen LogP contribution in [0.1, 0.15) is 60.8 Å². The number of nitrogens with one attached hydrogen (secondary N) is 3. The molecule has 0 aromatic heterocycles. The van der Waals surface area contributed by atoms with Crippen molar-refractivity contribution in [3.8, 4) is 18.6 Å². The number of nitrogens with zero attached hydrogens (tertiary/aromatic N) is 2. The number of hydrazine groups is 1. The van der Waals surface area contributed by atoms with Gasteiger partial charge >= 0.3 is 6.18 Å². The molecule has 0 saturated heterocycles. The molecule has 41 heavy (non-hydrogen) atoms. The van der Waals surface area contributed by atoms with Gasteiger partial charge in [-0.25, -0.2) is 10.5 Å². The number of benzene rings is 2. The third-order valence-electron chi connectivity index (χ3n) is 7.27. The number of amidine groups is 1. The lowest BCUT2D eigenvalue weighted by Crippen LogP contribution is -2.47. The number of alkyl halides is 3. The van der Waals surface area contributed by atoms with Crippen LogP contribution in [0.25, 0.3) is 5.57 Å². The fraction of sp³-hybridized carbons (Fsp3) is 0.387. The Balaban J connectivity index is 0.00000189. The van der Waals surface area contributed by atoms with Crippen LogP contribution >= 0.6 is 0 Å². The fourth-order valence-electron chi connectivity index (χ4n) is 5.41. The van der Waals surface area contributed by atoms with E-state index in [9.17, 15) is 18.0 Å². The molecule has 1 atom stereocenters. The van der Waals surface area contributed by atoms with E-state index in [1.807, 2.05) is 18.2 Å². The molecule has 0 unspecified atom stereocenters. The molecule has 2 heterocycles. The molecule has 0 saturated carbocycles. The van der Waals surface area contributed by atoms with Gasteiger partial charge in [0.15, 0.2) is 5.84 Å². The van der Waals surface area contributed by atoms with Crippen LogP contribution in [0.15, 0.2) is 58.1 Å². The molecule has 0 bridgehead atoms. The number of hydrogen-bond donors (Lipinski definition) is 3. The largest absolute Gasteiger partial charge is 0.494 e. The maximum Gasteiger partial charge on any atom is 0.389 e.